The number of thioether (sulfide) groups is 1. The third-order valence-corrected chi connectivity index (χ3v) is 6.71. The second kappa shape index (κ2) is 6.21. The summed E-state index contributed by atoms with van der Waals surface area (Å²) in [7, 11) is -3.31. The van der Waals surface area contributed by atoms with E-state index >= 15 is 0 Å². The van der Waals surface area contributed by atoms with E-state index in [1.165, 1.54) is 33.7 Å². The molecule has 0 N–H and O–H groups in total. The second-order valence-electron chi connectivity index (χ2n) is 5.37. The molecule has 0 saturated carbocycles. The fraction of sp³-hybridized carbons (Fsp3) is 0.357. The lowest BCUT2D eigenvalue weighted by atomic mass is 10.0. The average Bonchev–Trinajstić information content (AvgIpc) is 3.09. The molecule has 1 aromatic heterocycles. The molecule has 0 amide bonds. The number of fused-ring (bicyclic) bond motifs is 1. The van der Waals surface area contributed by atoms with Crippen LogP contribution < -0.4 is 4.31 Å². The van der Waals surface area contributed by atoms with Crippen molar-refractivity contribution in [2.24, 2.45) is 0 Å². The quantitative estimate of drug-likeness (QED) is 0.594. The monoisotopic (exact) mass is 369 g/mol. The highest BCUT2D eigenvalue weighted by Gasteiger charge is 2.32. The van der Waals surface area contributed by atoms with E-state index < -0.39 is 10.0 Å². The number of nitrogens with zero attached hydrogens (tertiary/aromatic N) is 3. The molecule has 1 aliphatic heterocycles. The van der Waals surface area contributed by atoms with Crippen LogP contribution in [0.3, 0.4) is 0 Å². The number of Topliss-reactive ketones (excluding diaryl/α,β-unsaturated/α-hetero) is 1. The highest BCUT2D eigenvalue weighted by Crippen LogP contribution is 2.35. The van der Waals surface area contributed by atoms with E-state index in [-0.39, 0.29) is 11.8 Å². The average molecular weight is 369 g/mol. The van der Waals surface area contributed by atoms with Crippen LogP contribution in [0.1, 0.15) is 22.8 Å². The fourth-order valence-corrected chi connectivity index (χ4v) is 5.36. The fourth-order valence-electron chi connectivity index (χ4n) is 2.72. The van der Waals surface area contributed by atoms with Crippen molar-refractivity contribution in [3.05, 3.63) is 34.8 Å². The number of benzene rings is 1. The molecule has 1 atom stereocenters. The van der Waals surface area contributed by atoms with Crippen LogP contribution in [-0.2, 0) is 16.4 Å². The van der Waals surface area contributed by atoms with Crippen molar-refractivity contribution < 1.29 is 13.2 Å². The summed E-state index contributed by atoms with van der Waals surface area (Å²) in [6, 6.07) is 5.10. The molecular weight excluding hydrogens is 354 g/mol. The van der Waals surface area contributed by atoms with Crippen LogP contribution in [-0.4, -0.2) is 42.4 Å². The lowest BCUT2D eigenvalue weighted by molar-refractivity contribution is 0.102. The summed E-state index contributed by atoms with van der Waals surface area (Å²) in [5, 5.41) is 7.63. The molecule has 2 aromatic rings. The molecule has 23 heavy (non-hydrogen) atoms. The molecule has 1 aromatic carbocycles. The molecule has 9 heteroatoms. The number of carbonyl (C=O) groups is 1. The van der Waals surface area contributed by atoms with Crippen LogP contribution in [0.2, 0.25) is 0 Å². The first kappa shape index (κ1) is 16.4. The van der Waals surface area contributed by atoms with Crippen molar-refractivity contribution in [3.8, 4) is 0 Å². The Morgan fingerprint density at radius 3 is 2.91 bits per heavy atom. The largest absolute Gasteiger partial charge is 0.293 e. The Hall–Kier alpha value is -1.45. The first-order valence-corrected chi connectivity index (χ1v) is 10.6. The maximum Gasteiger partial charge on any atom is 0.232 e. The van der Waals surface area contributed by atoms with Crippen LogP contribution in [0, 0.1) is 0 Å². The number of carbonyl (C=O) groups excluding carboxylic acids is 1. The molecule has 6 nitrogen and oxygen atoms in total. The molecule has 3 rings (SSSR count). The van der Waals surface area contributed by atoms with Gasteiger partial charge < -0.3 is 0 Å². The number of hydrogen-bond acceptors (Lipinski definition) is 7. The maximum atomic E-state index is 12.3. The van der Waals surface area contributed by atoms with Crippen molar-refractivity contribution in [2.45, 2.75) is 23.7 Å². The molecule has 2 heterocycles. The van der Waals surface area contributed by atoms with Crippen molar-refractivity contribution in [1.29, 1.82) is 0 Å². The number of sulfonamides is 1. The highest BCUT2D eigenvalue weighted by atomic mass is 32.2. The van der Waals surface area contributed by atoms with Crippen molar-refractivity contribution in [1.82, 2.24) is 10.2 Å². The van der Waals surface area contributed by atoms with Crippen LogP contribution in [0.15, 0.2) is 28.0 Å². The summed E-state index contributed by atoms with van der Waals surface area (Å²) in [5.41, 5.74) is 3.80. The van der Waals surface area contributed by atoms with Gasteiger partial charge in [0.2, 0.25) is 10.0 Å². The lowest BCUT2D eigenvalue weighted by Crippen LogP contribution is -2.34. The zero-order valence-corrected chi connectivity index (χ0v) is 15.0. The van der Waals surface area contributed by atoms with Gasteiger partial charge in [0.1, 0.15) is 5.51 Å². The van der Waals surface area contributed by atoms with Gasteiger partial charge in [0.15, 0.2) is 10.1 Å². The molecule has 122 valence electrons. The van der Waals surface area contributed by atoms with E-state index in [1.807, 2.05) is 6.92 Å². The van der Waals surface area contributed by atoms with Gasteiger partial charge in [-0.25, -0.2) is 8.42 Å². The third-order valence-electron chi connectivity index (χ3n) is 3.58. The van der Waals surface area contributed by atoms with Gasteiger partial charge in [-0.1, -0.05) is 23.1 Å². The first-order valence-electron chi connectivity index (χ1n) is 6.91. The Morgan fingerprint density at radius 2 is 2.26 bits per heavy atom. The Balaban J connectivity index is 1.79. The zero-order valence-electron chi connectivity index (χ0n) is 12.6. The molecular formula is C14H15N3O3S3. The van der Waals surface area contributed by atoms with Gasteiger partial charge in [-0.15, -0.1) is 10.2 Å². The number of aromatic nitrogens is 2. The van der Waals surface area contributed by atoms with E-state index in [9.17, 15) is 13.2 Å². The SMILES string of the molecule is C[C@H]1Cc2cc(C(=O)CSc3nncs3)ccc2N1S(C)(=O)=O. The second-order valence-corrected chi connectivity index (χ2v) is 9.29. The molecule has 0 radical (unpaired) electrons. The Morgan fingerprint density at radius 1 is 1.48 bits per heavy atom. The summed E-state index contributed by atoms with van der Waals surface area (Å²) in [4.78, 5) is 12.3. The minimum atomic E-state index is -3.31. The van der Waals surface area contributed by atoms with E-state index in [0.29, 0.717) is 23.4 Å². The molecule has 1 aliphatic rings. The summed E-state index contributed by atoms with van der Waals surface area (Å²) in [6.45, 7) is 1.87. The summed E-state index contributed by atoms with van der Waals surface area (Å²) >= 11 is 2.76. The van der Waals surface area contributed by atoms with Crippen molar-refractivity contribution in [2.75, 3.05) is 16.3 Å². The minimum Gasteiger partial charge on any atom is -0.293 e. The standard InChI is InChI=1S/C14H15N3O3S3/c1-9-5-11-6-10(3-4-12(11)17(9)23(2,19)20)13(18)7-21-14-16-15-8-22-14/h3-4,6,8-9H,5,7H2,1-2H3/t9-/m0/s1. The zero-order chi connectivity index (χ0) is 16.6. The smallest absolute Gasteiger partial charge is 0.232 e. The minimum absolute atomic E-state index is 0.00143. The van der Waals surface area contributed by atoms with Gasteiger partial charge in [-0.05, 0) is 37.1 Å². The number of ketones is 1. The Kier molecular flexibility index (Phi) is 4.43. The van der Waals surface area contributed by atoms with E-state index in [4.69, 9.17) is 0 Å². The maximum absolute atomic E-state index is 12.3. The van der Waals surface area contributed by atoms with Gasteiger partial charge in [0.05, 0.1) is 17.7 Å². The number of hydrogen-bond donors (Lipinski definition) is 0. The molecule has 0 bridgehead atoms. The third kappa shape index (κ3) is 3.41. The topological polar surface area (TPSA) is 80.2 Å². The predicted octanol–water partition coefficient (Wildman–Crippen LogP) is 2.22. The van der Waals surface area contributed by atoms with Gasteiger partial charge in [-0.3, -0.25) is 9.10 Å². The Bertz CT molecular complexity index is 834. The predicted molar refractivity (Wildman–Crippen MR) is 91.9 cm³/mol. The highest BCUT2D eigenvalue weighted by molar-refractivity contribution is 8.01. The number of rotatable bonds is 5. The van der Waals surface area contributed by atoms with Crippen LogP contribution >= 0.6 is 23.1 Å². The lowest BCUT2D eigenvalue weighted by Gasteiger charge is -2.21. The number of anilines is 1. The first-order chi connectivity index (χ1) is 10.9. The van der Waals surface area contributed by atoms with Gasteiger partial charge in [-0.2, -0.15) is 0 Å². The molecule has 0 unspecified atom stereocenters. The molecule has 0 aliphatic carbocycles. The van der Waals surface area contributed by atoms with E-state index in [0.717, 1.165) is 9.90 Å². The van der Waals surface area contributed by atoms with Crippen molar-refractivity contribution in [3.63, 3.8) is 0 Å². The molecule has 0 spiro atoms. The van der Waals surface area contributed by atoms with Crippen LogP contribution in [0.25, 0.3) is 0 Å². The van der Waals surface area contributed by atoms with Crippen molar-refractivity contribution >= 4 is 44.6 Å². The molecule has 0 saturated heterocycles. The van der Waals surface area contributed by atoms with E-state index in [2.05, 4.69) is 10.2 Å². The summed E-state index contributed by atoms with van der Waals surface area (Å²) in [6.07, 6.45) is 1.82. The van der Waals surface area contributed by atoms with Crippen LogP contribution in [0.5, 0.6) is 0 Å². The molecule has 0 fully saturated rings. The van der Waals surface area contributed by atoms with Gasteiger partial charge >= 0.3 is 0 Å². The normalized spacial score (nSPS) is 17.3. The van der Waals surface area contributed by atoms with E-state index in [1.54, 1.807) is 23.7 Å². The van der Waals surface area contributed by atoms with Gasteiger partial charge in [0.25, 0.3) is 0 Å². The van der Waals surface area contributed by atoms with Gasteiger partial charge in [0, 0.05) is 11.6 Å². The summed E-state index contributed by atoms with van der Waals surface area (Å²) < 4.78 is 26.0. The summed E-state index contributed by atoms with van der Waals surface area (Å²) in [5.74, 6) is 0.290. The Labute approximate surface area is 143 Å². The van der Waals surface area contributed by atoms with Crippen LogP contribution in [0.4, 0.5) is 5.69 Å².